The van der Waals surface area contributed by atoms with Gasteiger partial charge in [0.2, 0.25) is 10.0 Å². The first kappa shape index (κ1) is 18.2. The number of hydrogen-bond donors (Lipinski definition) is 2. The van der Waals surface area contributed by atoms with Gasteiger partial charge >= 0.3 is 0 Å². The minimum absolute atomic E-state index is 0.0822. The summed E-state index contributed by atoms with van der Waals surface area (Å²) in [5, 5.41) is 2.74. The Bertz CT molecular complexity index is 799. The van der Waals surface area contributed by atoms with E-state index in [1.165, 1.54) is 12.1 Å². The summed E-state index contributed by atoms with van der Waals surface area (Å²) in [6.45, 7) is 4.69. The minimum atomic E-state index is -3.68. The second kappa shape index (κ2) is 8.08. The first-order valence-corrected chi connectivity index (χ1v) is 9.34. The monoisotopic (exact) mass is 346 g/mol. The van der Waals surface area contributed by atoms with Crippen LogP contribution in [-0.4, -0.2) is 20.9 Å². The Kier molecular flexibility index (Phi) is 6.11. The Balaban J connectivity index is 2.11. The molecule has 24 heavy (non-hydrogen) atoms. The Morgan fingerprint density at radius 2 is 1.79 bits per heavy atom. The molecule has 0 bridgehead atoms. The van der Waals surface area contributed by atoms with Crippen LogP contribution in [0.4, 0.5) is 0 Å². The molecule has 2 N–H and O–H groups in total. The number of nitrogens with one attached hydrogen (secondary N) is 2. The third-order valence-corrected chi connectivity index (χ3v) is 4.93. The van der Waals surface area contributed by atoms with E-state index in [9.17, 15) is 13.2 Å². The normalized spacial score (nSPS) is 11.2. The molecule has 0 saturated heterocycles. The maximum absolute atomic E-state index is 12.4. The van der Waals surface area contributed by atoms with Crippen LogP contribution in [0.25, 0.3) is 0 Å². The molecule has 128 valence electrons. The molecular weight excluding hydrogens is 324 g/mol. The number of rotatable bonds is 7. The highest BCUT2D eigenvalue weighted by atomic mass is 32.2. The van der Waals surface area contributed by atoms with Crippen molar-refractivity contribution >= 4 is 15.9 Å². The van der Waals surface area contributed by atoms with Crippen LogP contribution in [0.5, 0.6) is 0 Å². The quantitative estimate of drug-likeness (QED) is 0.809. The molecule has 0 aliphatic carbocycles. The lowest BCUT2D eigenvalue weighted by Gasteiger charge is -2.09. The van der Waals surface area contributed by atoms with E-state index >= 15 is 0 Å². The van der Waals surface area contributed by atoms with Gasteiger partial charge in [-0.2, -0.15) is 0 Å². The Morgan fingerprint density at radius 3 is 2.46 bits per heavy atom. The molecule has 1 amide bonds. The number of carbonyl (C=O) groups excluding carboxylic acids is 1. The lowest BCUT2D eigenvalue weighted by atomic mass is 10.2. The number of amides is 1. The molecule has 0 fully saturated rings. The molecule has 2 aromatic rings. The molecule has 2 rings (SSSR count). The standard InChI is InChI=1S/C18H22N2O3S/c1-3-11-19-18(21)16-5-4-6-17(12-16)24(22,23)20-13-15-9-7-14(2)8-10-15/h4-10,12,20H,3,11,13H2,1-2H3,(H,19,21). The van der Waals surface area contributed by atoms with Gasteiger partial charge in [-0.05, 0) is 37.1 Å². The molecule has 0 atom stereocenters. The topological polar surface area (TPSA) is 75.3 Å². The van der Waals surface area contributed by atoms with Crippen LogP contribution in [0.3, 0.4) is 0 Å². The van der Waals surface area contributed by atoms with Crippen molar-refractivity contribution in [1.29, 1.82) is 0 Å². The number of sulfonamides is 1. The summed E-state index contributed by atoms with van der Waals surface area (Å²) >= 11 is 0. The molecule has 0 unspecified atom stereocenters. The summed E-state index contributed by atoms with van der Waals surface area (Å²) < 4.78 is 27.4. The summed E-state index contributed by atoms with van der Waals surface area (Å²) in [5.41, 5.74) is 2.33. The van der Waals surface area contributed by atoms with Crippen LogP contribution in [0.15, 0.2) is 53.4 Å². The zero-order valence-electron chi connectivity index (χ0n) is 13.9. The Hall–Kier alpha value is -2.18. The van der Waals surface area contributed by atoms with Gasteiger partial charge in [-0.1, -0.05) is 42.8 Å². The zero-order valence-corrected chi connectivity index (χ0v) is 14.7. The molecular formula is C18H22N2O3S. The van der Waals surface area contributed by atoms with Gasteiger partial charge in [0.1, 0.15) is 0 Å². The fourth-order valence-electron chi connectivity index (χ4n) is 2.11. The predicted octanol–water partition coefficient (Wildman–Crippen LogP) is 2.61. The van der Waals surface area contributed by atoms with E-state index in [2.05, 4.69) is 10.0 Å². The van der Waals surface area contributed by atoms with Crippen LogP contribution in [0.1, 0.15) is 34.8 Å². The van der Waals surface area contributed by atoms with Gasteiger partial charge in [0, 0.05) is 18.7 Å². The van der Waals surface area contributed by atoms with Gasteiger partial charge in [0.15, 0.2) is 0 Å². The fourth-order valence-corrected chi connectivity index (χ4v) is 3.18. The largest absolute Gasteiger partial charge is 0.352 e. The molecule has 0 aromatic heterocycles. The van der Waals surface area contributed by atoms with Crippen LogP contribution in [0, 0.1) is 6.92 Å². The number of benzene rings is 2. The number of aryl methyl sites for hydroxylation is 1. The van der Waals surface area contributed by atoms with Crippen molar-refractivity contribution in [2.45, 2.75) is 31.7 Å². The van der Waals surface area contributed by atoms with Gasteiger partial charge in [0.05, 0.1) is 4.90 Å². The SMILES string of the molecule is CCCNC(=O)c1cccc(S(=O)(=O)NCc2ccc(C)cc2)c1. The van der Waals surface area contributed by atoms with Crippen molar-refractivity contribution in [3.05, 3.63) is 65.2 Å². The van der Waals surface area contributed by atoms with Crippen molar-refractivity contribution in [3.63, 3.8) is 0 Å². The van der Waals surface area contributed by atoms with Crippen molar-refractivity contribution in [1.82, 2.24) is 10.0 Å². The van der Waals surface area contributed by atoms with Gasteiger partial charge in [-0.25, -0.2) is 13.1 Å². The maximum atomic E-state index is 12.4. The number of carbonyl (C=O) groups is 1. The fraction of sp³-hybridized carbons (Fsp3) is 0.278. The lowest BCUT2D eigenvalue weighted by molar-refractivity contribution is 0.0953. The highest BCUT2D eigenvalue weighted by Crippen LogP contribution is 2.13. The number of hydrogen-bond acceptors (Lipinski definition) is 3. The average molecular weight is 346 g/mol. The minimum Gasteiger partial charge on any atom is -0.352 e. The van der Waals surface area contributed by atoms with Crippen LogP contribution >= 0.6 is 0 Å². The van der Waals surface area contributed by atoms with Gasteiger partial charge in [-0.15, -0.1) is 0 Å². The first-order chi connectivity index (χ1) is 11.4. The Labute approximate surface area is 143 Å². The van der Waals surface area contributed by atoms with E-state index in [1.807, 2.05) is 38.1 Å². The smallest absolute Gasteiger partial charge is 0.251 e. The van der Waals surface area contributed by atoms with Gasteiger partial charge < -0.3 is 5.32 Å². The Morgan fingerprint density at radius 1 is 1.08 bits per heavy atom. The van der Waals surface area contributed by atoms with E-state index in [-0.39, 0.29) is 17.3 Å². The zero-order chi connectivity index (χ0) is 17.6. The highest BCUT2D eigenvalue weighted by Gasteiger charge is 2.16. The van der Waals surface area contributed by atoms with Crippen molar-refractivity contribution < 1.29 is 13.2 Å². The molecule has 0 radical (unpaired) electrons. The maximum Gasteiger partial charge on any atom is 0.251 e. The molecule has 5 nitrogen and oxygen atoms in total. The molecule has 2 aromatic carbocycles. The van der Waals surface area contributed by atoms with Crippen LogP contribution in [0.2, 0.25) is 0 Å². The molecule has 0 aliphatic rings. The molecule has 6 heteroatoms. The molecule has 0 spiro atoms. The van der Waals surface area contributed by atoms with Crippen LogP contribution < -0.4 is 10.0 Å². The summed E-state index contributed by atoms with van der Waals surface area (Å²) in [6.07, 6.45) is 0.821. The third kappa shape index (κ3) is 4.91. The van der Waals surface area contributed by atoms with E-state index in [0.29, 0.717) is 12.1 Å². The van der Waals surface area contributed by atoms with Crippen molar-refractivity contribution in [2.75, 3.05) is 6.54 Å². The van der Waals surface area contributed by atoms with E-state index < -0.39 is 10.0 Å². The van der Waals surface area contributed by atoms with E-state index in [1.54, 1.807) is 12.1 Å². The predicted molar refractivity (Wildman–Crippen MR) is 94.3 cm³/mol. The summed E-state index contributed by atoms with van der Waals surface area (Å²) in [7, 11) is -3.68. The highest BCUT2D eigenvalue weighted by molar-refractivity contribution is 7.89. The second-order valence-corrected chi connectivity index (χ2v) is 7.36. The summed E-state index contributed by atoms with van der Waals surface area (Å²) in [4.78, 5) is 12.0. The van der Waals surface area contributed by atoms with Crippen molar-refractivity contribution in [2.24, 2.45) is 0 Å². The molecule has 0 saturated carbocycles. The van der Waals surface area contributed by atoms with Gasteiger partial charge in [-0.3, -0.25) is 4.79 Å². The van der Waals surface area contributed by atoms with Crippen molar-refractivity contribution in [3.8, 4) is 0 Å². The second-order valence-electron chi connectivity index (χ2n) is 5.59. The molecule has 0 heterocycles. The van der Waals surface area contributed by atoms with Crippen LogP contribution in [-0.2, 0) is 16.6 Å². The molecule has 0 aliphatic heterocycles. The lowest BCUT2D eigenvalue weighted by Crippen LogP contribution is -2.26. The van der Waals surface area contributed by atoms with E-state index in [4.69, 9.17) is 0 Å². The average Bonchev–Trinajstić information content (AvgIpc) is 2.59. The van der Waals surface area contributed by atoms with E-state index in [0.717, 1.165) is 17.5 Å². The summed E-state index contributed by atoms with van der Waals surface area (Å²) in [5.74, 6) is -0.271. The summed E-state index contributed by atoms with van der Waals surface area (Å²) in [6, 6.07) is 13.7. The first-order valence-electron chi connectivity index (χ1n) is 7.86. The van der Waals surface area contributed by atoms with Gasteiger partial charge in [0.25, 0.3) is 5.91 Å². The third-order valence-electron chi connectivity index (χ3n) is 3.53.